The van der Waals surface area contributed by atoms with Gasteiger partial charge in [0.05, 0.1) is 14.2 Å². The Hall–Kier alpha value is -1.72. The number of ether oxygens (including phenoxy) is 2. The monoisotopic (exact) mass is 354 g/mol. The number of piperidine rings is 1. The summed E-state index contributed by atoms with van der Waals surface area (Å²) < 4.78 is 10.8. The topological polar surface area (TPSA) is 50.8 Å². The van der Waals surface area contributed by atoms with Crippen molar-refractivity contribution in [1.29, 1.82) is 0 Å². The first-order chi connectivity index (χ1) is 11.1. The second-order valence-corrected chi connectivity index (χ2v) is 5.76. The van der Waals surface area contributed by atoms with Gasteiger partial charge in [-0.1, -0.05) is 6.08 Å². The van der Waals surface area contributed by atoms with E-state index in [1.807, 2.05) is 18.0 Å². The maximum Gasteiger partial charge on any atom is 0.253 e. The molecule has 1 fully saturated rings. The zero-order valence-electron chi connectivity index (χ0n) is 14.6. The molecule has 1 aliphatic heterocycles. The van der Waals surface area contributed by atoms with Gasteiger partial charge in [0.25, 0.3) is 5.91 Å². The van der Waals surface area contributed by atoms with E-state index in [0.717, 1.165) is 31.5 Å². The van der Waals surface area contributed by atoms with Crippen molar-refractivity contribution in [2.45, 2.75) is 25.3 Å². The van der Waals surface area contributed by atoms with Crippen LogP contribution in [0.2, 0.25) is 0 Å². The molecule has 0 spiro atoms. The molecular formula is C18H27ClN2O3. The van der Waals surface area contributed by atoms with Gasteiger partial charge in [0.1, 0.15) is 0 Å². The van der Waals surface area contributed by atoms with E-state index >= 15 is 0 Å². The molecule has 1 heterocycles. The number of hydrogen-bond donors (Lipinski definition) is 1. The van der Waals surface area contributed by atoms with E-state index in [0.29, 0.717) is 23.5 Å². The van der Waals surface area contributed by atoms with Crippen molar-refractivity contribution in [2.24, 2.45) is 0 Å². The van der Waals surface area contributed by atoms with Crippen LogP contribution >= 0.6 is 12.4 Å². The van der Waals surface area contributed by atoms with E-state index in [2.05, 4.69) is 11.9 Å². The fourth-order valence-corrected chi connectivity index (χ4v) is 3.04. The smallest absolute Gasteiger partial charge is 0.253 e. The van der Waals surface area contributed by atoms with Gasteiger partial charge in [0, 0.05) is 24.2 Å². The summed E-state index contributed by atoms with van der Waals surface area (Å²) >= 11 is 0. The molecule has 0 aliphatic carbocycles. The first-order valence-corrected chi connectivity index (χ1v) is 7.96. The van der Waals surface area contributed by atoms with Crippen LogP contribution in [0, 0.1) is 0 Å². The van der Waals surface area contributed by atoms with Crippen molar-refractivity contribution in [2.75, 3.05) is 34.4 Å². The second-order valence-electron chi connectivity index (χ2n) is 5.76. The van der Waals surface area contributed by atoms with E-state index in [-0.39, 0.29) is 24.4 Å². The molecule has 6 heteroatoms. The highest BCUT2D eigenvalue weighted by Crippen LogP contribution is 2.33. The molecule has 1 saturated heterocycles. The van der Waals surface area contributed by atoms with Crippen LogP contribution in [0.3, 0.4) is 0 Å². The predicted octanol–water partition coefficient (Wildman–Crippen LogP) is 2.68. The maximum absolute atomic E-state index is 12.9. The van der Waals surface area contributed by atoms with Gasteiger partial charge < -0.3 is 19.7 Å². The minimum Gasteiger partial charge on any atom is -0.493 e. The first kappa shape index (κ1) is 20.3. The van der Waals surface area contributed by atoms with E-state index < -0.39 is 0 Å². The molecule has 5 nitrogen and oxygen atoms in total. The minimum absolute atomic E-state index is 0. The molecule has 0 bridgehead atoms. The van der Waals surface area contributed by atoms with Crippen molar-refractivity contribution >= 4 is 18.3 Å². The molecule has 0 radical (unpaired) electrons. The summed E-state index contributed by atoms with van der Waals surface area (Å²) in [7, 11) is 5.07. The molecular weight excluding hydrogens is 328 g/mol. The van der Waals surface area contributed by atoms with Crippen LogP contribution in [-0.4, -0.2) is 51.2 Å². The number of hydrogen-bond acceptors (Lipinski definition) is 4. The van der Waals surface area contributed by atoms with Gasteiger partial charge in [-0.05, 0) is 44.5 Å². The first-order valence-electron chi connectivity index (χ1n) is 7.96. The van der Waals surface area contributed by atoms with Gasteiger partial charge in [-0.15, -0.1) is 19.0 Å². The predicted molar refractivity (Wildman–Crippen MR) is 98.7 cm³/mol. The van der Waals surface area contributed by atoms with Gasteiger partial charge in [-0.2, -0.15) is 0 Å². The Morgan fingerprint density at radius 1 is 1.33 bits per heavy atom. The van der Waals surface area contributed by atoms with Crippen molar-refractivity contribution < 1.29 is 14.3 Å². The number of allylic oxidation sites excluding steroid dienone is 1. The third kappa shape index (κ3) is 4.42. The molecule has 1 N–H and O–H groups in total. The van der Waals surface area contributed by atoms with Crippen LogP contribution in [0.15, 0.2) is 24.8 Å². The average Bonchev–Trinajstić information content (AvgIpc) is 2.60. The summed E-state index contributed by atoms with van der Waals surface area (Å²) in [5.74, 6) is 1.26. The number of halogens is 1. The lowest BCUT2D eigenvalue weighted by molar-refractivity contribution is 0.0702. The summed E-state index contributed by atoms with van der Waals surface area (Å²) in [6.07, 6.45) is 4.38. The standard InChI is InChI=1S/C18H26N2O3.ClH/c1-5-6-13-11-14(12-16(22-3)17(13)23-4)18(21)20(2)15-7-9-19-10-8-15;/h5,11-12,15,19H,1,6-10H2,2-4H3;1H. The maximum atomic E-state index is 12.9. The van der Waals surface area contributed by atoms with Crippen LogP contribution in [0.25, 0.3) is 0 Å². The molecule has 1 aromatic rings. The number of carbonyl (C=O) groups excluding carboxylic acids is 1. The zero-order valence-corrected chi connectivity index (χ0v) is 15.4. The van der Waals surface area contributed by atoms with E-state index in [1.54, 1.807) is 26.4 Å². The Morgan fingerprint density at radius 3 is 2.54 bits per heavy atom. The van der Waals surface area contributed by atoms with Gasteiger partial charge >= 0.3 is 0 Å². The molecule has 24 heavy (non-hydrogen) atoms. The van der Waals surface area contributed by atoms with Crippen molar-refractivity contribution in [3.63, 3.8) is 0 Å². The lowest BCUT2D eigenvalue weighted by Gasteiger charge is -2.32. The fourth-order valence-electron chi connectivity index (χ4n) is 3.04. The summed E-state index contributed by atoms with van der Waals surface area (Å²) in [4.78, 5) is 14.7. The number of nitrogens with one attached hydrogen (secondary N) is 1. The largest absolute Gasteiger partial charge is 0.493 e. The van der Waals surface area contributed by atoms with E-state index in [1.165, 1.54) is 0 Å². The minimum atomic E-state index is 0. The third-order valence-corrected chi connectivity index (χ3v) is 4.34. The molecule has 134 valence electrons. The molecule has 1 aliphatic rings. The van der Waals surface area contributed by atoms with Crippen molar-refractivity contribution in [1.82, 2.24) is 10.2 Å². The van der Waals surface area contributed by atoms with Gasteiger partial charge in [-0.3, -0.25) is 4.79 Å². The van der Waals surface area contributed by atoms with Crippen LogP contribution < -0.4 is 14.8 Å². The Morgan fingerprint density at radius 2 is 2.00 bits per heavy atom. The van der Waals surface area contributed by atoms with Crippen LogP contribution in [0.4, 0.5) is 0 Å². The van der Waals surface area contributed by atoms with E-state index in [4.69, 9.17) is 9.47 Å². The average molecular weight is 355 g/mol. The number of carbonyl (C=O) groups is 1. The third-order valence-electron chi connectivity index (χ3n) is 4.34. The Labute approximate surface area is 150 Å². The van der Waals surface area contributed by atoms with Gasteiger partial charge in [0.2, 0.25) is 0 Å². The molecule has 1 amide bonds. The van der Waals surface area contributed by atoms with Crippen molar-refractivity contribution in [3.8, 4) is 11.5 Å². The second kappa shape index (κ2) is 9.55. The number of amides is 1. The number of methoxy groups -OCH3 is 2. The molecule has 1 aromatic carbocycles. The van der Waals surface area contributed by atoms with Crippen LogP contribution in [0.5, 0.6) is 11.5 Å². The summed E-state index contributed by atoms with van der Waals surface area (Å²) in [6.45, 7) is 5.68. The normalized spacial score (nSPS) is 14.5. The van der Waals surface area contributed by atoms with Gasteiger partial charge in [-0.25, -0.2) is 0 Å². The Balaban J connectivity index is 0.00000288. The van der Waals surface area contributed by atoms with E-state index in [9.17, 15) is 4.79 Å². The highest BCUT2D eigenvalue weighted by atomic mass is 35.5. The highest BCUT2D eigenvalue weighted by molar-refractivity contribution is 5.95. The number of nitrogens with zero attached hydrogens (tertiary/aromatic N) is 1. The van der Waals surface area contributed by atoms with Crippen molar-refractivity contribution in [3.05, 3.63) is 35.9 Å². The SMILES string of the molecule is C=CCc1cc(C(=O)N(C)C2CCNCC2)cc(OC)c1OC.Cl. The van der Waals surface area contributed by atoms with Crippen LogP contribution in [-0.2, 0) is 6.42 Å². The lowest BCUT2D eigenvalue weighted by Crippen LogP contribution is -2.44. The summed E-state index contributed by atoms with van der Waals surface area (Å²) in [5, 5.41) is 3.32. The lowest BCUT2D eigenvalue weighted by atomic mass is 10.0. The highest BCUT2D eigenvalue weighted by Gasteiger charge is 2.24. The fraction of sp³-hybridized carbons (Fsp3) is 0.500. The molecule has 0 saturated carbocycles. The number of benzene rings is 1. The molecule has 0 unspecified atom stereocenters. The summed E-state index contributed by atoms with van der Waals surface area (Å²) in [6, 6.07) is 3.91. The van der Waals surface area contributed by atoms with Gasteiger partial charge in [0.15, 0.2) is 11.5 Å². The van der Waals surface area contributed by atoms with Crippen LogP contribution in [0.1, 0.15) is 28.8 Å². The molecule has 0 atom stereocenters. The molecule has 2 rings (SSSR count). The Bertz CT molecular complexity index is 572. The quantitative estimate of drug-likeness (QED) is 0.798. The summed E-state index contributed by atoms with van der Waals surface area (Å²) in [5.41, 5.74) is 1.53. The number of rotatable bonds is 6. The Kier molecular flexibility index (Phi) is 8.08. The molecule has 0 aromatic heterocycles. The zero-order chi connectivity index (χ0) is 16.8.